The predicted octanol–water partition coefficient (Wildman–Crippen LogP) is 4.60. The van der Waals surface area contributed by atoms with Crippen LogP contribution in [0.25, 0.3) is 6.08 Å². The van der Waals surface area contributed by atoms with Crippen LogP contribution in [-0.2, 0) is 4.79 Å². The molecule has 1 aliphatic rings. The van der Waals surface area contributed by atoms with Crippen LogP contribution in [0, 0.1) is 0 Å². The van der Waals surface area contributed by atoms with E-state index < -0.39 is 5.97 Å². The summed E-state index contributed by atoms with van der Waals surface area (Å²) in [6.07, 6.45) is 8.70. The lowest BCUT2D eigenvalue weighted by Crippen LogP contribution is -2.40. The van der Waals surface area contributed by atoms with Crippen molar-refractivity contribution < 1.29 is 9.90 Å². The van der Waals surface area contributed by atoms with E-state index in [0.29, 0.717) is 11.1 Å². The van der Waals surface area contributed by atoms with Gasteiger partial charge in [0.25, 0.3) is 0 Å². The lowest BCUT2D eigenvalue weighted by atomic mass is 9.96. The summed E-state index contributed by atoms with van der Waals surface area (Å²) in [4.78, 5) is 13.2. The highest BCUT2D eigenvalue weighted by molar-refractivity contribution is 6.33. The summed E-state index contributed by atoms with van der Waals surface area (Å²) in [5, 5.41) is 9.55. The van der Waals surface area contributed by atoms with Gasteiger partial charge in [0.2, 0.25) is 0 Å². The van der Waals surface area contributed by atoms with E-state index >= 15 is 0 Å². The minimum atomic E-state index is -0.940. The van der Waals surface area contributed by atoms with E-state index in [1.54, 1.807) is 6.08 Å². The monoisotopic (exact) mass is 307 g/mol. The zero-order valence-corrected chi connectivity index (χ0v) is 13.1. The third-order valence-corrected chi connectivity index (χ3v) is 4.26. The molecule has 1 atom stereocenters. The van der Waals surface area contributed by atoms with Crippen molar-refractivity contribution >= 4 is 29.3 Å². The number of aliphatic carboxylic acids is 1. The Kier molecular flexibility index (Phi) is 5.68. The molecule has 0 amide bonds. The molecule has 1 heterocycles. The van der Waals surface area contributed by atoms with Gasteiger partial charge in [-0.1, -0.05) is 37.1 Å². The van der Waals surface area contributed by atoms with E-state index in [4.69, 9.17) is 16.7 Å². The fraction of sp³-hybridized carbons (Fsp3) is 0.471. The number of piperidine rings is 1. The van der Waals surface area contributed by atoms with Crippen molar-refractivity contribution in [1.29, 1.82) is 0 Å². The van der Waals surface area contributed by atoms with Gasteiger partial charge in [-0.3, -0.25) is 0 Å². The number of anilines is 1. The maximum atomic E-state index is 10.8. The summed E-state index contributed by atoms with van der Waals surface area (Å²) in [5.41, 5.74) is 1.86. The standard InChI is InChI=1S/C17H22ClNO2/c1-2-6-14-8-3-4-12-19(14)17-13(10-11-16(20)21)7-5-9-15(17)18/h5,7,9-11,14H,2-4,6,8,12H2,1H3,(H,20,21)/b11-10+. The molecule has 21 heavy (non-hydrogen) atoms. The van der Waals surface area contributed by atoms with Crippen molar-refractivity contribution in [3.63, 3.8) is 0 Å². The average molecular weight is 308 g/mol. The quantitative estimate of drug-likeness (QED) is 0.808. The molecule has 2 rings (SSSR count). The van der Waals surface area contributed by atoms with Gasteiger partial charge in [0, 0.05) is 18.7 Å². The minimum Gasteiger partial charge on any atom is -0.478 e. The molecule has 0 saturated carbocycles. The lowest BCUT2D eigenvalue weighted by molar-refractivity contribution is -0.131. The first-order valence-corrected chi connectivity index (χ1v) is 7.97. The number of carboxylic acid groups (broad SMARTS) is 1. The number of hydrogen-bond donors (Lipinski definition) is 1. The highest BCUT2D eigenvalue weighted by Crippen LogP contribution is 2.36. The van der Waals surface area contributed by atoms with Crippen LogP contribution in [0.3, 0.4) is 0 Å². The average Bonchev–Trinajstić information content (AvgIpc) is 2.46. The number of benzene rings is 1. The maximum Gasteiger partial charge on any atom is 0.328 e. The fourth-order valence-electron chi connectivity index (χ4n) is 3.06. The van der Waals surface area contributed by atoms with E-state index in [9.17, 15) is 4.79 Å². The van der Waals surface area contributed by atoms with Crippen molar-refractivity contribution in [1.82, 2.24) is 0 Å². The summed E-state index contributed by atoms with van der Waals surface area (Å²) in [7, 11) is 0. The van der Waals surface area contributed by atoms with Gasteiger partial charge in [-0.05, 0) is 43.4 Å². The van der Waals surface area contributed by atoms with Gasteiger partial charge in [0.15, 0.2) is 0 Å². The van der Waals surface area contributed by atoms with Gasteiger partial charge < -0.3 is 10.0 Å². The SMILES string of the molecule is CCCC1CCCCN1c1c(Cl)cccc1/C=C/C(=O)O. The fourth-order valence-corrected chi connectivity index (χ4v) is 3.35. The zero-order chi connectivity index (χ0) is 15.2. The molecule has 1 aromatic rings. The summed E-state index contributed by atoms with van der Waals surface area (Å²) in [6, 6.07) is 6.18. The van der Waals surface area contributed by atoms with Gasteiger partial charge in [-0.25, -0.2) is 4.79 Å². The number of rotatable bonds is 5. The number of halogens is 1. The van der Waals surface area contributed by atoms with Crippen LogP contribution in [0.2, 0.25) is 5.02 Å². The van der Waals surface area contributed by atoms with Gasteiger partial charge in [-0.15, -0.1) is 0 Å². The molecule has 1 unspecified atom stereocenters. The molecule has 0 aliphatic carbocycles. The van der Waals surface area contributed by atoms with E-state index in [0.717, 1.165) is 37.1 Å². The van der Waals surface area contributed by atoms with E-state index in [2.05, 4.69) is 11.8 Å². The third kappa shape index (κ3) is 4.01. The first kappa shape index (κ1) is 15.9. The maximum absolute atomic E-state index is 10.8. The molecule has 0 aromatic heterocycles. The first-order valence-electron chi connectivity index (χ1n) is 7.59. The Balaban J connectivity index is 2.38. The Morgan fingerprint density at radius 2 is 2.29 bits per heavy atom. The Bertz CT molecular complexity index is 526. The van der Waals surface area contributed by atoms with Crippen molar-refractivity contribution in [2.45, 2.75) is 45.1 Å². The highest BCUT2D eigenvalue weighted by Gasteiger charge is 2.24. The van der Waals surface area contributed by atoms with Crippen LogP contribution in [0.1, 0.15) is 44.6 Å². The van der Waals surface area contributed by atoms with Gasteiger partial charge in [0.1, 0.15) is 0 Å². The van der Waals surface area contributed by atoms with Crippen LogP contribution in [0.15, 0.2) is 24.3 Å². The molecule has 0 bridgehead atoms. The molecule has 0 radical (unpaired) electrons. The normalized spacial score (nSPS) is 19.1. The second-order valence-electron chi connectivity index (χ2n) is 5.48. The molecule has 3 nitrogen and oxygen atoms in total. The van der Waals surface area contributed by atoms with Crippen molar-refractivity contribution in [2.75, 3.05) is 11.4 Å². The lowest BCUT2D eigenvalue weighted by Gasteiger charge is -2.39. The topological polar surface area (TPSA) is 40.5 Å². The summed E-state index contributed by atoms with van der Waals surface area (Å²) in [6.45, 7) is 3.19. The van der Waals surface area contributed by atoms with Crippen molar-refractivity contribution in [3.05, 3.63) is 34.9 Å². The molecule has 1 aromatic carbocycles. The van der Waals surface area contributed by atoms with E-state index in [-0.39, 0.29) is 0 Å². The third-order valence-electron chi connectivity index (χ3n) is 3.96. The molecule has 0 spiro atoms. The Hall–Kier alpha value is -1.48. The molecule has 1 saturated heterocycles. The Labute approximate surface area is 131 Å². The van der Waals surface area contributed by atoms with Gasteiger partial charge >= 0.3 is 5.97 Å². The van der Waals surface area contributed by atoms with Crippen molar-refractivity contribution in [2.24, 2.45) is 0 Å². The summed E-state index contributed by atoms with van der Waals surface area (Å²) in [5.74, 6) is -0.940. The van der Waals surface area contributed by atoms with Gasteiger partial charge in [-0.2, -0.15) is 0 Å². The molecule has 114 valence electrons. The van der Waals surface area contributed by atoms with Crippen LogP contribution >= 0.6 is 11.6 Å². The smallest absolute Gasteiger partial charge is 0.328 e. The molecule has 1 aliphatic heterocycles. The van der Waals surface area contributed by atoms with E-state index in [1.165, 1.54) is 18.9 Å². The van der Waals surface area contributed by atoms with Crippen LogP contribution in [0.5, 0.6) is 0 Å². The Morgan fingerprint density at radius 3 is 3.00 bits per heavy atom. The number of hydrogen-bond acceptors (Lipinski definition) is 2. The first-order chi connectivity index (χ1) is 10.1. The molecule has 1 fully saturated rings. The number of nitrogens with zero attached hydrogens (tertiary/aromatic N) is 1. The zero-order valence-electron chi connectivity index (χ0n) is 12.4. The van der Waals surface area contributed by atoms with Crippen LogP contribution in [0.4, 0.5) is 5.69 Å². The largest absolute Gasteiger partial charge is 0.478 e. The second kappa shape index (κ2) is 7.51. The predicted molar refractivity (Wildman–Crippen MR) is 88.0 cm³/mol. The number of para-hydroxylation sites is 1. The van der Waals surface area contributed by atoms with Crippen LogP contribution < -0.4 is 4.90 Å². The molecular weight excluding hydrogens is 286 g/mol. The second-order valence-corrected chi connectivity index (χ2v) is 5.89. The Morgan fingerprint density at radius 1 is 1.48 bits per heavy atom. The minimum absolute atomic E-state index is 0.501. The number of carboxylic acids is 1. The van der Waals surface area contributed by atoms with Crippen LogP contribution in [-0.4, -0.2) is 23.7 Å². The highest BCUT2D eigenvalue weighted by atomic mass is 35.5. The molecule has 1 N–H and O–H groups in total. The summed E-state index contributed by atoms with van der Waals surface area (Å²) >= 11 is 6.42. The van der Waals surface area contributed by atoms with Gasteiger partial charge in [0.05, 0.1) is 10.7 Å². The van der Waals surface area contributed by atoms with E-state index in [1.807, 2.05) is 18.2 Å². The molecular formula is C17H22ClNO2. The summed E-state index contributed by atoms with van der Waals surface area (Å²) < 4.78 is 0. The molecule has 4 heteroatoms. The van der Waals surface area contributed by atoms with Crippen molar-refractivity contribution in [3.8, 4) is 0 Å². The number of carbonyl (C=O) groups is 1.